The second kappa shape index (κ2) is 12.4. The molecule has 0 aliphatic heterocycles. The summed E-state index contributed by atoms with van der Waals surface area (Å²) in [5, 5.41) is 2.50. The first-order valence-corrected chi connectivity index (χ1v) is 13.4. The van der Waals surface area contributed by atoms with Crippen LogP contribution in [0.25, 0.3) is 0 Å². The van der Waals surface area contributed by atoms with Gasteiger partial charge in [0.1, 0.15) is 30.8 Å². The molecule has 3 aromatic rings. The molecule has 37 heavy (non-hydrogen) atoms. The highest BCUT2D eigenvalue weighted by molar-refractivity contribution is 7.92. The van der Waals surface area contributed by atoms with Gasteiger partial charge in [0.25, 0.3) is 0 Å². The lowest BCUT2D eigenvalue weighted by molar-refractivity contribution is -0.139. The summed E-state index contributed by atoms with van der Waals surface area (Å²) in [5.74, 6) is -0.893. The van der Waals surface area contributed by atoms with Crippen LogP contribution in [0.2, 0.25) is 0 Å². The van der Waals surface area contributed by atoms with Crippen LogP contribution < -0.4 is 14.4 Å². The van der Waals surface area contributed by atoms with E-state index in [1.807, 2.05) is 30.3 Å². The van der Waals surface area contributed by atoms with Crippen molar-refractivity contribution < 1.29 is 27.1 Å². The maximum atomic E-state index is 13.4. The number of nitrogens with zero attached hydrogens (tertiary/aromatic N) is 2. The number of carbonyl (C=O) groups is 2. The molecule has 3 rings (SSSR count). The average Bonchev–Trinajstić information content (AvgIpc) is 2.89. The van der Waals surface area contributed by atoms with Crippen LogP contribution in [0.15, 0.2) is 78.9 Å². The van der Waals surface area contributed by atoms with E-state index in [2.05, 4.69) is 5.32 Å². The summed E-state index contributed by atoms with van der Waals surface area (Å²) < 4.78 is 45.4. The molecule has 0 saturated carbocycles. The molecule has 0 aromatic heterocycles. The van der Waals surface area contributed by atoms with E-state index < -0.39 is 40.2 Å². The Morgan fingerprint density at radius 2 is 1.57 bits per heavy atom. The Balaban J connectivity index is 1.80. The molecule has 8 nitrogen and oxygen atoms in total. The largest absolute Gasteiger partial charge is 0.489 e. The lowest BCUT2D eigenvalue weighted by atomic mass is 10.1. The number of benzene rings is 3. The number of nitrogens with one attached hydrogen (secondary N) is 1. The smallest absolute Gasteiger partial charge is 0.244 e. The zero-order valence-corrected chi connectivity index (χ0v) is 21.7. The molecule has 0 bridgehead atoms. The van der Waals surface area contributed by atoms with E-state index in [-0.39, 0.29) is 12.2 Å². The molecule has 1 unspecified atom stereocenters. The molecule has 1 atom stereocenters. The predicted molar refractivity (Wildman–Crippen MR) is 140 cm³/mol. The van der Waals surface area contributed by atoms with Gasteiger partial charge in [0.15, 0.2) is 0 Å². The fraction of sp³-hybridized carbons (Fsp3) is 0.259. The van der Waals surface area contributed by atoms with Gasteiger partial charge in [-0.25, -0.2) is 12.8 Å². The quantitative estimate of drug-likeness (QED) is 0.413. The Hall–Kier alpha value is -3.92. The first kappa shape index (κ1) is 27.7. The minimum Gasteiger partial charge on any atom is -0.489 e. The van der Waals surface area contributed by atoms with E-state index in [4.69, 9.17) is 4.74 Å². The Kier molecular flexibility index (Phi) is 9.24. The van der Waals surface area contributed by atoms with Crippen LogP contribution in [0, 0.1) is 5.82 Å². The van der Waals surface area contributed by atoms with E-state index in [1.54, 1.807) is 31.2 Å². The molecule has 0 radical (unpaired) electrons. The van der Waals surface area contributed by atoms with E-state index in [9.17, 15) is 22.4 Å². The highest BCUT2D eigenvalue weighted by Crippen LogP contribution is 2.23. The monoisotopic (exact) mass is 527 g/mol. The molecule has 0 heterocycles. The van der Waals surface area contributed by atoms with Gasteiger partial charge in [-0.05, 0) is 54.4 Å². The number of sulfonamides is 1. The lowest BCUT2D eigenvalue weighted by Gasteiger charge is -2.31. The Bertz CT molecular complexity index is 1300. The highest BCUT2D eigenvalue weighted by Gasteiger charge is 2.29. The first-order valence-electron chi connectivity index (χ1n) is 11.6. The lowest BCUT2D eigenvalue weighted by Crippen LogP contribution is -2.50. The topological polar surface area (TPSA) is 96.0 Å². The molecule has 0 aliphatic rings. The SMILES string of the molecule is CNC(=O)C(C)N(Cc1ccc(F)cc1)C(=O)CN(c1ccc(OCc2ccccc2)cc1)S(C)(=O)=O. The minimum atomic E-state index is -3.85. The number of carbonyl (C=O) groups excluding carboxylic acids is 2. The molecular weight excluding hydrogens is 497 g/mol. The van der Waals surface area contributed by atoms with Crippen molar-refractivity contribution in [2.75, 3.05) is 24.2 Å². The number of hydrogen-bond donors (Lipinski definition) is 1. The van der Waals surface area contributed by atoms with Crippen LogP contribution in [0.5, 0.6) is 5.75 Å². The summed E-state index contributed by atoms with van der Waals surface area (Å²) in [5.41, 5.74) is 1.86. The van der Waals surface area contributed by atoms with Gasteiger partial charge in [-0.3, -0.25) is 13.9 Å². The molecule has 10 heteroatoms. The molecule has 2 amide bonds. The van der Waals surface area contributed by atoms with E-state index in [0.717, 1.165) is 16.1 Å². The molecule has 0 aliphatic carbocycles. The average molecular weight is 528 g/mol. The molecule has 1 N–H and O–H groups in total. The molecular formula is C27H30FN3O5S. The first-order chi connectivity index (χ1) is 17.6. The van der Waals surface area contributed by atoms with Crippen molar-refractivity contribution >= 4 is 27.5 Å². The van der Waals surface area contributed by atoms with Crippen molar-refractivity contribution in [3.05, 3.63) is 95.8 Å². The van der Waals surface area contributed by atoms with Crippen LogP contribution in [0.4, 0.5) is 10.1 Å². The van der Waals surface area contributed by atoms with Crippen LogP contribution in [-0.4, -0.2) is 51.0 Å². The second-order valence-corrected chi connectivity index (χ2v) is 10.4. The number of likely N-dealkylation sites (N-methyl/N-ethyl adjacent to an activating group) is 1. The summed E-state index contributed by atoms with van der Waals surface area (Å²) in [6.45, 7) is 1.37. The van der Waals surface area contributed by atoms with Crippen molar-refractivity contribution in [1.29, 1.82) is 0 Å². The van der Waals surface area contributed by atoms with Crippen LogP contribution in [-0.2, 0) is 32.8 Å². The third kappa shape index (κ3) is 7.78. The third-order valence-electron chi connectivity index (χ3n) is 5.73. The van der Waals surface area contributed by atoms with Gasteiger partial charge in [-0.15, -0.1) is 0 Å². The predicted octanol–water partition coefficient (Wildman–Crippen LogP) is 3.33. The summed E-state index contributed by atoms with van der Waals surface area (Å²) in [4.78, 5) is 27.0. The number of hydrogen-bond acceptors (Lipinski definition) is 5. The Morgan fingerprint density at radius 1 is 0.946 bits per heavy atom. The van der Waals surface area contributed by atoms with Crippen LogP contribution in [0.1, 0.15) is 18.1 Å². The normalized spacial score (nSPS) is 11.9. The van der Waals surface area contributed by atoms with Gasteiger partial charge in [0.05, 0.1) is 11.9 Å². The van der Waals surface area contributed by atoms with E-state index >= 15 is 0 Å². The maximum Gasteiger partial charge on any atom is 0.244 e. The molecule has 196 valence electrons. The van der Waals surface area contributed by atoms with Gasteiger partial charge in [-0.2, -0.15) is 0 Å². The fourth-order valence-electron chi connectivity index (χ4n) is 3.64. The van der Waals surface area contributed by atoms with E-state index in [0.29, 0.717) is 17.9 Å². The maximum absolute atomic E-state index is 13.4. The Morgan fingerprint density at radius 3 is 2.14 bits per heavy atom. The van der Waals surface area contributed by atoms with Crippen molar-refractivity contribution in [3.63, 3.8) is 0 Å². The number of amides is 2. The third-order valence-corrected chi connectivity index (χ3v) is 6.87. The van der Waals surface area contributed by atoms with Crippen LogP contribution >= 0.6 is 0 Å². The molecule has 0 fully saturated rings. The van der Waals surface area contributed by atoms with Gasteiger partial charge in [-0.1, -0.05) is 42.5 Å². The van der Waals surface area contributed by atoms with Crippen molar-refractivity contribution in [2.45, 2.75) is 26.1 Å². The summed E-state index contributed by atoms with van der Waals surface area (Å²) in [7, 11) is -2.40. The van der Waals surface area contributed by atoms with Gasteiger partial charge >= 0.3 is 0 Å². The fourth-order valence-corrected chi connectivity index (χ4v) is 4.49. The number of anilines is 1. The zero-order valence-electron chi connectivity index (χ0n) is 20.9. The summed E-state index contributed by atoms with van der Waals surface area (Å²) >= 11 is 0. The van der Waals surface area contributed by atoms with Gasteiger partial charge < -0.3 is 15.0 Å². The van der Waals surface area contributed by atoms with Crippen LogP contribution in [0.3, 0.4) is 0 Å². The highest BCUT2D eigenvalue weighted by atomic mass is 32.2. The standard InChI is InChI=1S/C27H30FN3O5S/c1-20(27(33)29-2)30(17-21-9-11-23(28)12-10-21)26(32)18-31(37(3,34)35)24-13-15-25(16-14-24)36-19-22-7-5-4-6-8-22/h4-16,20H,17-19H2,1-3H3,(H,29,33). The zero-order chi connectivity index (χ0) is 27.0. The molecule has 0 spiro atoms. The van der Waals surface area contributed by atoms with Crippen molar-refractivity contribution in [2.24, 2.45) is 0 Å². The molecule has 3 aromatic carbocycles. The van der Waals surface area contributed by atoms with Gasteiger partial charge in [0.2, 0.25) is 21.8 Å². The summed E-state index contributed by atoms with van der Waals surface area (Å²) in [6.07, 6.45) is 1.01. The van der Waals surface area contributed by atoms with E-state index in [1.165, 1.54) is 36.2 Å². The summed E-state index contributed by atoms with van der Waals surface area (Å²) in [6, 6.07) is 20.6. The van der Waals surface area contributed by atoms with Gasteiger partial charge in [0, 0.05) is 13.6 Å². The number of halogens is 1. The Labute approximate surface area is 216 Å². The number of rotatable bonds is 11. The number of ether oxygens (including phenoxy) is 1. The second-order valence-electron chi connectivity index (χ2n) is 8.48. The molecule has 0 saturated heterocycles. The van der Waals surface area contributed by atoms with Crippen molar-refractivity contribution in [1.82, 2.24) is 10.2 Å². The van der Waals surface area contributed by atoms with Crippen molar-refractivity contribution in [3.8, 4) is 5.75 Å². The minimum absolute atomic E-state index is 0.00241.